The highest BCUT2D eigenvalue weighted by Crippen LogP contribution is 2.24. The van der Waals surface area contributed by atoms with Crippen LogP contribution in [0.5, 0.6) is 0 Å². The number of benzene rings is 2. The summed E-state index contributed by atoms with van der Waals surface area (Å²) in [4.78, 5) is 13.3. The van der Waals surface area contributed by atoms with Gasteiger partial charge in [0, 0.05) is 23.5 Å². The molecule has 0 atom stereocenters. The van der Waals surface area contributed by atoms with Crippen molar-refractivity contribution in [1.82, 2.24) is 0 Å². The first-order chi connectivity index (χ1) is 8.72. The highest BCUT2D eigenvalue weighted by Gasteiger charge is 2.07. The van der Waals surface area contributed by atoms with Crippen molar-refractivity contribution in [2.24, 2.45) is 0 Å². The van der Waals surface area contributed by atoms with Gasteiger partial charge in [0.2, 0.25) is 0 Å². The Morgan fingerprint density at radius 1 is 1.00 bits per heavy atom. The molecular weight excluding hydrogens is 222 g/mol. The third kappa shape index (κ3) is 2.59. The molecule has 0 saturated carbocycles. The second-order valence-electron chi connectivity index (χ2n) is 4.09. The van der Waals surface area contributed by atoms with Gasteiger partial charge in [-0.05, 0) is 50.2 Å². The van der Waals surface area contributed by atoms with Crippen molar-refractivity contribution >= 4 is 17.2 Å². The van der Waals surface area contributed by atoms with E-state index in [4.69, 9.17) is 0 Å². The van der Waals surface area contributed by atoms with Crippen molar-refractivity contribution in [2.45, 2.75) is 6.92 Å². The number of nitrogens with zero attached hydrogens (tertiary/aromatic N) is 1. The van der Waals surface area contributed by atoms with E-state index in [-0.39, 0.29) is 5.78 Å². The summed E-state index contributed by atoms with van der Waals surface area (Å²) < 4.78 is 0. The van der Waals surface area contributed by atoms with Crippen LogP contribution in [0, 0.1) is 6.92 Å². The zero-order chi connectivity index (χ0) is 13.0. The topological polar surface area (TPSA) is 20.3 Å². The van der Waals surface area contributed by atoms with E-state index in [1.807, 2.05) is 54.6 Å². The Morgan fingerprint density at radius 3 is 2.06 bits per heavy atom. The van der Waals surface area contributed by atoms with Crippen LogP contribution in [0.15, 0.2) is 54.6 Å². The first-order valence-corrected chi connectivity index (χ1v) is 5.95. The number of hydrogen-bond donors (Lipinski definition) is 0. The van der Waals surface area contributed by atoms with Gasteiger partial charge in [0.1, 0.15) is 0 Å². The molecule has 18 heavy (non-hydrogen) atoms. The maximum atomic E-state index is 11.2. The number of carbonyl (C=O) groups excluding carboxylic acids is 1. The molecule has 0 bridgehead atoms. The van der Waals surface area contributed by atoms with E-state index in [1.165, 1.54) is 0 Å². The lowest BCUT2D eigenvalue weighted by Crippen LogP contribution is -2.16. The number of para-hydroxylation sites is 1. The standard InChI is InChI=1S/C16H16NO/c1-3-17(15-7-5-4-6-8-15)16-11-9-14(10-12-16)13(2)18/h4-12H,1,3H2,2H3. The predicted octanol–water partition coefficient (Wildman–Crippen LogP) is 3.86. The molecule has 0 N–H and O–H groups in total. The first-order valence-electron chi connectivity index (χ1n) is 5.95. The monoisotopic (exact) mass is 238 g/mol. The van der Waals surface area contributed by atoms with Crippen LogP contribution in [0.4, 0.5) is 11.4 Å². The first kappa shape index (κ1) is 12.4. The summed E-state index contributed by atoms with van der Waals surface area (Å²) in [7, 11) is 0. The quantitative estimate of drug-likeness (QED) is 0.754. The van der Waals surface area contributed by atoms with Crippen LogP contribution in [-0.2, 0) is 0 Å². The Morgan fingerprint density at radius 2 is 1.56 bits per heavy atom. The molecule has 2 heteroatoms. The summed E-state index contributed by atoms with van der Waals surface area (Å²) in [6.07, 6.45) is 0. The summed E-state index contributed by atoms with van der Waals surface area (Å²) in [5.41, 5.74) is 2.88. The lowest BCUT2D eigenvalue weighted by Gasteiger charge is -2.23. The molecule has 0 aliphatic heterocycles. The zero-order valence-corrected chi connectivity index (χ0v) is 10.5. The summed E-state index contributed by atoms with van der Waals surface area (Å²) in [5, 5.41) is 0. The molecule has 0 aromatic heterocycles. The van der Waals surface area contributed by atoms with E-state index in [0.29, 0.717) is 6.54 Å². The minimum atomic E-state index is 0.0856. The average Bonchev–Trinajstić information content (AvgIpc) is 2.41. The molecule has 0 heterocycles. The number of hydrogen-bond acceptors (Lipinski definition) is 2. The second kappa shape index (κ2) is 5.50. The van der Waals surface area contributed by atoms with Crippen molar-refractivity contribution in [1.29, 1.82) is 0 Å². The number of rotatable bonds is 4. The van der Waals surface area contributed by atoms with Crippen LogP contribution in [-0.4, -0.2) is 12.3 Å². The molecule has 0 aliphatic carbocycles. The van der Waals surface area contributed by atoms with E-state index in [9.17, 15) is 4.79 Å². The molecule has 2 nitrogen and oxygen atoms in total. The zero-order valence-electron chi connectivity index (χ0n) is 10.5. The Kier molecular flexibility index (Phi) is 3.78. The minimum Gasteiger partial charge on any atom is -0.341 e. The predicted molar refractivity (Wildman–Crippen MR) is 75.3 cm³/mol. The molecule has 2 rings (SSSR count). The Bertz CT molecular complexity index is 517. The molecule has 0 amide bonds. The van der Waals surface area contributed by atoms with Crippen molar-refractivity contribution in [3.8, 4) is 0 Å². The largest absolute Gasteiger partial charge is 0.341 e. The van der Waals surface area contributed by atoms with Crippen molar-refractivity contribution < 1.29 is 4.79 Å². The number of anilines is 2. The molecule has 91 valence electrons. The van der Waals surface area contributed by atoms with Gasteiger partial charge in [-0.15, -0.1) is 0 Å². The van der Waals surface area contributed by atoms with Gasteiger partial charge in [-0.1, -0.05) is 18.2 Å². The maximum Gasteiger partial charge on any atom is 0.159 e. The summed E-state index contributed by atoms with van der Waals surface area (Å²) >= 11 is 0. The fourth-order valence-corrected chi connectivity index (χ4v) is 1.89. The van der Waals surface area contributed by atoms with E-state index >= 15 is 0 Å². The van der Waals surface area contributed by atoms with Gasteiger partial charge >= 0.3 is 0 Å². The van der Waals surface area contributed by atoms with E-state index in [1.54, 1.807) is 6.92 Å². The summed E-state index contributed by atoms with van der Waals surface area (Å²) in [6, 6.07) is 17.7. The van der Waals surface area contributed by atoms with Gasteiger partial charge in [0.15, 0.2) is 5.78 Å². The molecule has 0 spiro atoms. The van der Waals surface area contributed by atoms with E-state index < -0.39 is 0 Å². The maximum absolute atomic E-state index is 11.2. The van der Waals surface area contributed by atoms with Crippen molar-refractivity contribution in [3.05, 3.63) is 67.1 Å². The highest BCUT2D eigenvalue weighted by molar-refractivity contribution is 5.94. The molecule has 0 fully saturated rings. The fourth-order valence-electron chi connectivity index (χ4n) is 1.89. The van der Waals surface area contributed by atoms with Gasteiger partial charge in [-0.3, -0.25) is 4.79 Å². The van der Waals surface area contributed by atoms with Crippen molar-refractivity contribution in [2.75, 3.05) is 11.4 Å². The number of carbonyl (C=O) groups is 1. The highest BCUT2D eigenvalue weighted by atomic mass is 16.1. The normalized spacial score (nSPS) is 10.1. The van der Waals surface area contributed by atoms with Crippen LogP contribution in [0.25, 0.3) is 0 Å². The molecule has 0 aliphatic rings. The third-order valence-corrected chi connectivity index (χ3v) is 2.88. The summed E-state index contributed by atoms with van der Waals surface area (Å²) in [6.45, 7) is 6.17. The molecule has 2 aromatic rings. The van der Waals surface area contributed by atoms with E-state index in [0.717, 1.165) is 16.9 Å². The van der Waals surface area contributed by atoms with Crippen molar-refractivity contribution in [3.63, 3.8) is 0 Å². The van der Waals surface area contributed by atoms with Crippen LogP contribution in [0.3, 0.4) is 0 Å². The van der Waals surface area contributed by atoms with Crippen LogP contribution >= 0.6 is 0 Å². The average molecular weight is 238 g/mol. The lowest BCUT2D eigenvalue weighted by molar-refractivity contribution is 0.101. The van der Waals surface area contributed by atoms with Gasteiger partial charge in [0.25, 0.3) is 0 Å². The molecule has 1 radical (unpaired) electrons. The second-order valence-corrected chi connectivity index (χ2v) is 4.09. The molecular formula is C16H16NO. The molecule has 2 aromatic carbocycles. The lowest BCUT2D eigenvalue weighted by atomic mass is 10.1. The molecule has 0 saturated heterocycles. The van der Waals surface area contributed by atoms with Gasteiger partial charge in [-0.2, -0.15) is 0 Å². The Balaban J connectivity index is 2.31. The van der Waals surface area contributed by atoms with Crippen LogP contribution < -0.4 is 4.90 Å². The van der Waals surface area contributed by atoms with E-state index in [2.05, 4.69) is 11.8 Å². The SMILES string of the molecule is [CH2]CN(c1ccccc1)c1ccc(C(C)=O)cc1. The third-order valence-electron chi connectivity index (χ3n) is 2.88. The van der Waals surface area contributed by atoms with Gasteiger partial charge in [-0.25, -0.2) is 0 Å². The number of Topliss-reactive ketones (excluding diaryl/α,β-unsaturated/α-hetero) is 1. The van der Waals surface area contributed by atoms with Crippen LogP contribution in [0.1, 0.15) is 17.3 Å². The van der Waals surface area contributed by atoms with Crippen LogP contribution in [0.2, 0.25) is 0 Å². The smallest absolute Gasteiger partial charge is 0.159 e. The van der Waals surface area contributed by atoms with Gasteiger partial charge in [0.05, 0.1) is 0 Å². The summed E-state index contributed by atoms with van der Waals surface area (Å²) in [5.74, 6) is 0.0856. The number of ketones is 1. The Labute approximate surface area is 108 Å². The fraction of sp³-hybridized carbons (Fsp3) is 0.125. The minimum absolute atomic E-state index is 0.0856. The van der Waals surface area contributed by atoms with Gasteiger partial charge < -0.3 is 4.90 Å². The Hall–Kier alpha value is -2.09. The molecule has 0 unspecified atom stereocenters.